The van der Waals surface area contributed by atoms with E-state index in [-0.39, 0.29) is 30.1 Å². The summed E-state index contributed by atoms with van der Waals surface area (Å²) in [5.41, 5.74) is 0.510. The maximum absolute atomic E-state index is 12.5. The molecule has 35 heavy (non-hydrogen) atoms. The molecule has 0 bridgehead atoms. The molecule has 0 radical (unpaired) electrons. The third-order valence-electron chi connectivity index (χ3n) is 7.29. The Kier molecular flexibility index (Phi) is 8.96. The van der Waals surface area contributed by atoms with Gasteiger partial charge in [0.05, 0.1) is 25.2 Å². The van der Waals surface area contributed by atoms with Crippen LogP contribution in [0.3, 0.4) is 0 Å². The molecule has 3 rings (SSSR count). The van der Waals surface area contributed by atoms with Gasteiger partial charge < -0.3 is 24.3 Å². The van der Waals surface area contributed by atoms with Crippen LogP contribution in [-0.4, -0.2) is 92.7 Å². The van der Waals surface area contributed by atoms with Gasteiger partial charge in [0.25, 0.3) is 0 Å². The second kappa shape index (κ2) is 11.4. The van der Waals surface area contributed by atoms with E-state index >= 15 is 0 Å². The van der Waals surface area contributed by atoms with Crippen LogP contribution >= 0.6 is 0 Å². The summed E-state index contributed by atoms with van der Waals surface area (Å²) in [6.45, 7) is 9.56. The minimum Gasteiger partial charge on any atom is -0.443 e. The zero-order valence-electron chi connectivity index (χ0n) is 21.8. The summed E-state index contributed by atoms with van der Waals surface area (Å²) in [4.78, 5) is 37.9. The highest BCUT2D eigenvalue weighted by atomic mass is 16.6. The number of nitrogens with zero attached hydrogens (tertiary/aromatic N) is 1. The van der Waals surface area contributed by atoms with E-state index in [2.05, 4.69) is 37.5 Å². The summed E-state index contributed by atoms with van der Waals surface area (Å²) in [6.07, 6.45) is 3.08. The Morgan fingerprint density at radius 3 is 2.54 bits per heavy atom. The summed E-state index contributed by atoms with van der Waals surface area (Å²) < 4.78 is 23.6. The van der Waals surface area contributed by atoms with Crippen LogP contribution in [0.1, 0.15) is 53.4 Å². The van der Waals surface area contributed by atoms with E-state index in [0.29, 0.717) is 32.5 Å². The fourth-order valence-electron chi connectivity index (χ4n) is 5.23. The first-order valence-corrected chi connectivity index (χ1v) is 12.5. The standard InChI is InChI=1S/C25H41N3O7/c1-7-19(29)26-12-13-28(5)14-20(30)27-23(31)34-17-10-11-25(15-33-25)22(21(17)32-6)24(4)18(35-24)9-8-16(2)3/h8,17-18,21-22H,7,9-15H2,1-6H3,(H,26,29)(H,27,30,31)/t17?,18-,21?,22?,24+,25+/m1/s1. The van der Waals surface area contributed by atoms with Crippen LogP contribution in [0.5, 0.6) is 0 Å². The number of rotatable bonds is 11. The molecular formula is C25H41N3O7. The van der Waals surface area contributed by atoms with E-state index in [1.54, 1.807) is 26.0 Å². The van der Waals surface area contributed by atoms with Gasteiger partial charge in [0.1, 0.15) is 23.4 Å². The molecule has 0 aromatic heterocycles. The van der Waals surface area contributed by atoms with Crippen molar-refractivity contribution in [2.24, 2.45) is 5.92 Å². The Hall–Kier alpha value is -2.01. The maximum Gasteiger partial charge on any atom is 0.414 e. The number of hydrogen-bond donors (Lipinski definition) is 2. The number of imide groups is 1. The molecule has 3 aliphatic rings. The number of hydrogen-bond acceptors (Lipinski definition) is 8. The molecule has 1 saturated carbocycles. The molecule has 2 aliphatic heterocycles. The number of nitrogens with one attached hydrogen (secondary N) is 2. The zero-order valence-corrected chi connectivity index (χ0v) is 21.8. The number of likely N-dealkylation sites (N-methyl/N-ethyl adjacent to an activating group) is 1. The van der Waals surface area contributed by atoms with Gasteiger partial charge in [0, 0.05) is 26.6 Å². The maximum atomic E-state index is 12.5. The van der Waals surface area contributed by atoms with Crippen LogP contribution in [-0.2, 0) is 28.5 Å². The van der Waals surface area contributed by atoms with E-state index in [1.165, 1.54) is 5.57 Å². The molecule has 3 amide bonds. The summed E-state index contributed by atoms with van der Waals surface area (Å²) >= 11 is 0. The second-order valence-corrected chi connectivity index (χ2v) is 10.3. The van der Waals surface area contributed by atoms with E-state index in [9.17, 15) is 14.4 Å². The van der Waals surface area contributed by atoms with Crippen LogP contribution in [0.4, 0.5) is 4.79 Å². The number of allylic oxidation sites excluding steroid dienone is 1. The molecule has 3 fully saturated rings. The molecular weight excluding hydrogens is 454 g/mol. The first kappa shape index (κ1) is 27.6. The summed E-state index contributed by atoms with van der Waals surface area (Å²) in [7, 11) is 3.36. The highest BCUT2D eigenvalue weighted by molar-refractivity contribution is 5.92. The highest BCUT2D eigenvalue weighted by Gasteiger charge is 2.72. The van der Waals surface area contributed by atoms with Crippen molar-refractivity contribution in [3.63, 3.8) is 0 Å². The van der Waals surface area contributed by atoms with E-state index in [4.69, 9.17) is 18.9 Å². The molecule has 10 nitrogen and oxygen atoms in total. The van der Waals surface area contributed by atoms with Gasteiger partial charge in [0.2, 0.25) is 11.8 Å². The lowest BCUT2D eigenvalue weighted by molar-refractivity contribution is -0.126. The zero-order chi connectivity index (χ0) is 25.8. The lowest BCUT2D eigenvalue weighted by Gasteiger charge is -2.42. The third kappa shape index (κ3) is 6.81. The molecule has 0 aromatic rings. The monoisotopic (exact) mass is 495 g/mol. The van der Waals surface area contributed by atoms with E-state index in [0.717, 1.165) is 12.8 Å². The van der Waals surface area contributed by atoms with Gasteiger partial charge in [-0.3, -0.25) is 19.8 Å². The van der Waals surface area contributed by atoms with Crippen molar-refractivity contribution < 1.29 is 33.3 Å². The lowest BCUT2D eigenvalue weighted by atomic mass is 9.68. The van der Waals surface area contributed by atoms with Gasteiger partial charge in [-0.15, -0.1) is 0 Å². The molecule has 0 aromatic carbocycles. The number of amides is 3. The molecule has 1 spiro atoms. The normalized spacial score (nSPS) is 33.2. The lowest BCUT2D eigenvalue weighted by Crippen LogP contribution is -2.56. The van der Waals surface area contributed by atoms with Crippen LogP contribution in [0, 0.1) is 5.92 Å². The quantitative estimate of drug-likeness (QED) is 0.329. The van der Waals surface area contributed by atoms with E-state index < -0.39 is 29.8 Å². The van der Waals surface area contributed by atoms with Gasteiger partial charge in [-0.05, 0) is 47.1 Å². The Morgan fingerprint density at radius 1 is 1.23 bits per heavy atom. The third-order valence-corrected chi connectivity index (χ3v) is 7.29. The number of alkyl carbamates (subject to hydrolysis) is 1. The molecule has 2 heterocycles. The van der Waals surface area contributed by atoms with Crippen molar-refractivity contribution in [3.05, 3.63) is 11.6 Å². The number of methoxy groups -OCH3 is 1. The Morgan fingerprint density at radius 2 is 1.94 bits per heavy atom. The van der Waals surface area contributed by atoms with Crippen molar-refractivity contribution in [2.45, 2.75) is 82.9 Å². The molecule has 198 valence electrons. The van der Waals surface area contributed by atoms with Gasteiger partial charge in [-0.25, -0.2) is 4.79 Å². The predicted octanol–water partition coefficient (Wildman–Crippen LogP) is 1.77. The number of epoxide rings is 2. The molecule has 2 saturated heterocycles. The number of ether oxygens (including phenoxy) is 4. The van der Waals surface area contributed by atoms with Gasteiger partial charge in [-0.1, -0.05) is 18.6 Å². The topological polar surface area (TPSA) is 122 Å². The smallest absolute Gasteiger partial charge is 0.414 e. The molecule has 10 heteroatoms. The molecule has 6 atom stereocenters. The van der Waals surface area contributed by atoms with Crippen molar-refractivity contribution in [1.29, 1.82) is 0 Å². The molecule has 2 N–H and O–H groups in total. The van der Waals surface area contributed by atoms with Crippen molar-refractivity contribution >= 4 is 17.9 Å². The number of carbonyl (C=O) groups is 3. The second-order valence-electron chi connectivity index (χ2n) is 10.3. The Balaban J connectivity index is 1.53. The first-order valence-electron chi connectivity index (χ1n) is 12.5. The minimum absolute atomic E-state index is 0.00694. The van der Waals surface area contributed by atoms with Crippen LogP contribution < -0.4 is 10.6 Å². The fraction of sp³-hybridized carbons (Fsp3) is 0.800. The summed E-state index contributed by atoms with van der Waals surface area (Å²) in [5, 5.41) is 5.06. The van der Waals surface area contributed by atoms with Crippen LogP contribution in [0.25, 0.3) is 0 Å². The molecule has 3 unspecified atom stereocenters. The average molecular weight is 496 g/mol. The average Bonchev–Trinajstić information content (AvgIpc) is 3.70. The number of carbonyl (C=O) groups excluding carboxylic acids is 3. The first-order chi connectivity index (χ1) is 16.5. The predicted molar refractivity (Wildman–Crippen MR) is 129 cm³/mol. The van der Waals surface area contributed by atoms with Crippen molar-refractivity contribution in [3.8, 4) is 0 Å². The highest BCUT2D eigenvalue weighted by Crippen LogP contribution is 2.59. The van der Waals surface area contributed by atoms with Gasteiger partial charge >= 0.3 is 6.09 Å². The van der Waals surface area contributed by atoms with Crippen LogP contribution in [0.15, 0.2) is 11.6 Å². The van der Waals surface area contributed by atoms with Crippen LogP contribution in [0.2, 0.25) is 0 Å². The van der Waals surface area contributed by atoms with Crippen molar-refractivity contribution in [1.82, 2.24) is 15.5 Å². The van der Waals surface area contributed by atoms with Gasteiger partial charge in [0.15, 0.2) is 0 Å². The largest absolute Gasteiger partial charge is 0.443 e. The SMILES string of the molecule is CCC(=O)NCCN(C)CC(=O)NC(=O)OC1CC[C@]2(CO2)C([C@@]2(C)O[C@@H]2CC=C(C)C)C1OC. The Labute approximate surface area is 208 Å². The van der Waals surface area contributed by atoms with Crippen molar-refractivity contribution in [2.75, 3.05) is 40.4 Å². The minimum atomic E-state index is -0.788. The molecule has 1 aliphatic carbocycles. The Bertz CT molecular complexity index is 824. The summed E-state index contributed by atoms with van der Waals surface area (Å²) in [5.74, 6) is -0.596. The van der Waals surface area contributed by atoms with E-state index in [1.807, 2.05) is 0 Å². The van der Waals surface area contributed by atoms with Gasteiger partial charge in [-0.2, -0.15) is 0 Å². The fourth-order valence-corrected chi connectivity index (χ4v) is 5.23. The summed E-state index contributed by atoms with van der Waals surface area (Å²) in [6, 6.07) is 0.